The first-order valence-electron chi connectivity index (χ1n) is 6.50. The molecule has 0 amide bonds. The first kappa shape index (κ1) is 11.3. The fourth-order valence-electron chi connectivity index (χ4n) is 2.35. The normalized spacial score (nSPS) is 25.2. The van der Waals surface area contributed by atoms with E-state index in [9.17, 15) is 0 Å². The molecule has 2 atom stereocenters. The zero-order chi connectivity index (χ0) is 12.2. The number of benzene rings is 1. The summed E-state index contributed by atoms with van der Waals surface area (Å²) in [5.74, 6) is 0.704. The van der Waals surface area contributed by atoms with Crippen LogP contribution in [0.25, 0.3) is 0 Å². The van der Waals surface area contributed by atoms with Crippen molar-refractivity contribution in [3.63, 3.8) is 0 Å². The standard InChI is InChI=1S/C16H18N2/c1-2-6-14(7-3-1)15-11-16(15)18-12-13-5-4-9-17-10-8-13/h1-10,15-18H,11-12H2/t15-,16+/m0/s1. The van der Waals surface area contributed by atoms with E-state index in [1.807, 2.05) is 18.5 Å². The van der Waals surface area contributed by atoms with Crippen molar-refractivity contribution in [1.29, 1.82) is 0 Å². The maximum absolute atomic E-state index is 3.62. The lowest BCUT2D eigenvalue weighted by molar-refractivity contribution is 0.721. The average Bonchev–Trinajstić information content (AvgIpc) is 3.22. The van der Waals surface area contributed by atoms with E-state index in [1.165, 1.54) is 17.6 Å². The Kier molecular flexibility index (Phi) is 3.29. The molecule has 0 radical (unpaired) electrons. The number of hydrogen-bond acceptors (Lipinski definition) is 2. The van der Waals surface area contributed by atoms with E-state index in [1.54, 1.807) is 0 Å². The van der Waals surface area contributed by atoms with E-state index in [4.69, 9.17) is 0 Å². The topological polar surface area (TPSA) is 24.1 Å². The SMILES string of the molecule is C1=CNC=CC(CN[C@@H]2C[C@H]2c2ccccc2)=C1. The van der Waals surface area contributed by atoms with Crippen molar-refractivity contribution in [3.8, 4) is 0 Å². The van der Waals surface area contributed by atoms with Crippen molar-refractivity contribution >= 4 is 0 Å². The third-order valence-corrected chi connectivity index (χ3v) is 3.48. The molecular weight excluding hydrogens is 220 g/mol. The molecule has 2 nitrogen and oxygen atoms in total. The molecule has 0 bridgehead atoms. The Hall–Kier alpha value is -1.80. The molecule has 1 aromatic rings. The molecule has 1 aliphatic carbocycles. The Morgan fingerprint density at radius 3 is 2.94 bits per heavy atom. The van der Waals surface area contributed by atoms with Crippen LogP contribution in [0.15, 0.2) is 66.5 Å². The van der Waals surface area contributed by atoms with Crippen LogP contribution >= 0.6 is 0 Å². The van der Waals surface area contributed by atoms with Gasteiger partial charge in [0.05, 0.1) is 0 Å². The van der Waals surface area contributed by atoms with Gasteiger partial charge in [0, 0.05) is 30.9 Å². The Bertz CT molecular complexity index is 485. The smallest absolute Gasteiger partial charge is 0.0208 e. The lowest BCUT2D eigenvalue weighted by atomic mass is 10.1. The van der Waals surface area contributed by atoms with Gasteiger partial charge in [0.1, 0.15) is 0 Å². The second-order valence-electron chi connectivity index (χ2n) is 4.84. The number of nitrogens with one attached hydrogen (secondary N) is 2. The molecule has 1 heterocycles. The Morgan fingerprint density at radius 1 is 1.17 bits per heavy atom. The van der Waals surface area contributed by atoms with Crippen LogP contribution in [0.2, 0.25) is 0 Å². The lowest BCUT2D eigenvalue weighted by Crippen LogP contribution is -2.20. The van der Waals surface area contributed by atoms with Crippen LogP contribution in [0, 0.1) is 0 Å². The summed E-state index contributed by atoms with van der Waals surface area (Å²) in [5.41, 5.74) is 2.77. The van der Waals surface area contributed by atoms with Gasteiger partial charge in [-0.1, -0.05) is 36.4 Å². The molecule has 2 aliphatic rings. The molecule has 1 saturated carbocycles. The van der Waals surface area contributed by atoms with Crippen molar-refractivity contribution in [3.05, 3.63) is 72.1 Å². The van der Waals surface area contributed by atoms with Crippen molar-refractivity contribution in [1.82, 2.24) is 10.6 Å². The zero-order valence-corrected chi connectivity index (χ0v) is 10.3. The van der Waals surface area contributed by atoms with Gasteiger partial charge in [-0.3, -0.25) is 0 Å². The third-order valence-electron chi connectivity index (χ3n) is 3.48. The Balaban J connectivity index is 1.52. The zero-order valence-electron chi connectivity index (χ0n) is 10.3. The Morgan fingerprint density at radius 2 is 2.06 bits per heavy atom. The van der Waals surface area contributed by atoms with Crippen LogP contribution in [-0.4, -0.2) is 12.6 Å². The summed E-state index contributed by atoms with van der Waals surface area (Å²) in [4.78, 5) is 0. The Labute approximate surface area is 108 Å². The minimum absolute atomic E-state index is 0.641. The molecule has 3 rings (SSSR count). The van der Waals surface area contributed by atoms with Crippen LogP contribution in [-0.2, 0) is 0 Å². The van der Waals surface area contributed by atoms with E-state index in [2.05, 4.69) is 53.1 Å². The van der Waals surface area contributed by atoms with E-state index in [-0.39, 0.29) is 0 Å². The highest BCUT2D eigenvalue weighted by atomic mass is 15.0. The minimum atomic E-state index is 0.641. The molecule has 2 N–H and O–H groups in total. The van der Waals surface area contributed by atoms with E-state index < -0.39 is 0 Å². The molecule has 0 saturated heterocycles. The summed E-state index contributed by atoms with van der Waals surface area (Å²) >= 11 is 0. The van der Waals surface area contributed by atoms with Crippen molar-refractivity contribution < 1.29 is 0 Å². The van der Waals surface area contributed by atoms with Gasteiger partial charge in [-0.25, -0.2) is 0 Å². The van der Waals surface area contributed by atoms with E-state index in [0.717, 1.165) is 6.54 Å². The number of hydrogen-bond donors (Lipinski definition) is 2. The highest BCUT2D eigenvalue weighted by Crippen LogP contribution is 2.40. The van der Waals surface area contributed by atoms with Crippen molar-refractivity contribution in [2.45, 2.75) is 18.4 Å². The lowest BCUT2D eigenvalue weighted by Gasteiger charge is -2.04. The number of allylic oxidation sites excluding steroid dienone is 2. The molecule has 1 fully saturated rings. The summed E-state index contributed by atoms with van der Waals surface area (Å²) in [6, 6.07) is 11.4. The second-order valence-corrected chi connectivity index (χ2v) is 4.84. The fourth-order valence-corrected chi connectivity index (χ4v) is 2.35. The van der Waals surface area contributed by atoms with E-state index >= 15 is 0 Å². The fraction of sp³-hybridized carbons (Fsp3) is 0.250. The quantitative estimate of drug-likeness (QED) is 0.842. The highest BCUT2D eigenvalue weighted by Gasteiger charge is 2.37. The first-order chi connectivity index (χ1) is 8.93. The van der Waals surface area contributed by atoms with Crippen LogP contribution in [0.1, 0.15) is 17.9 Å². The highest BCUT2D eigenvalue weighted by molar-refractivity contribution is 5.30. The predicted molar refractivity (Wildman–Crippen MR) is 75.1 cm³/mol. The molecule has 1 aliphatic heterocycles. The van der Waals surface area contributed by atoms with Crippen molar-refractivity contribution in [2.24, 2.45) is 0 Å². The average molecular weight is 238 g/mol. The van der Waals surface area contributed by atoms with Gasteiger partial charge in [-0.15, -0.1) is 0 Å². The molecule has 18 heavy (non-hydrogen) atoms. The van der Waals surface area contributed by atoms with Crippen molar-refractivity contribution in [2.75, 3.05) is 6.54 Å². The van der Waals surface area contributed by atoms with Gasteiger partial charge in [-0.05, 0) is 29.7 Å². The van der Waals surface area contributed by atoms with E-state index in [0.29, 0.717) is 12.0 Å². The minimum Gasteiger partial charge on any atom is -0.368 e. The molecular formula is C16H18N2. The number of rotatable bonds is 4. The maximum Gasteiger partial charge on any atom is 0.0208 e. The summed E-state index contributed by atoms with van der Waals surface area (Å²) in [7, 11) is 0. The van der Waals surface area contributed by atoms with Crippen LogP contribution in [0.5, 0.6) is 0 Å². The predicted octanol–water partition coefficient (Wildman–Crippen LogP) is 2.69. The molecule has 2 heteroatoms. The van der Waals surface area contributed by atoms with Crippen LogP contribution in [0.3, 0.4) is 0 Å². The largest absolute Gasteiger partial charge is 0.368 e. The summed E-state index contributed by atoms with van der Waals surface area (Å²) in [6.45, 7) is 0.941. The summed E-state index contributed by atoms with van der Waals surface area (Å²) in [6.07, 6.45) is 11.5. The molecule has 0 unspecified atom stereocenters. The molecule has 0 aromatic heterocycles. The summed E-state index contributed by atoms with van der Waals surface area (Å²) < 4.78 is 0. The van der Waals surface area contributed by atoms with Gasteiger partial charge in [0.15, 0.2) is 0 Å². The first-order valence-corrected chi connectivity index (χ1v) is 6.50. The molecule has 92 valence electrons. The molecule has 1 aromatic carbocycles. The maximum atomic E-state index is 3.62. The molecule has 0 spiro atoms. The monoisotopic (exact) mass is 238 g/mol. The van der Waals surface area contributed by atoms with Gasteiger partial charge in [-0.2, -0.15) is 0 Å². The summed E-state index contributed by atoms with van der Waals surface area (Å²) in [5, 5.41) is 6.70. The van der Waals surface area contributed by atoms with Gasteiger partial charge in [0.25, 0.3) is 0 Å². The second kappa shape index (κ2) is 5.23. The van der Waals surface area contributed by atoms with Gasteiger partial charge >= 0.3 is 0 Å². The van der Waals surface area contributed by atoms with Crippen LogP contribution in [0.4, 0.5) is 0 Å². The van der Waals surface area contributed by atoms with Gasteiger partial charge < -0.3 is 10.6 Å². The third kappa shape index (κ3) is 2.71. The van der Waals surface area contributed by atoms with Crippen LogP contribution < -0.4 is 10.6 Å². The van der Waals surface area contributed by atoms with Gasteiger partial charge in [0.2, 0.25) is 0 Å².